The molecule has 2 heterocycles. The Balaban J connectivity index is 1.53. The highest BCUT2D eigenvalue weighted by Gasteiger charge is 2.38. The number of rotatable bonds is 8. The highest BCUT2D eigenvalue weighted by atomic mass is 32.2. The number of hydrogen-bond donors (Lipinski definition) is 0. The van der Waals surface area contributed by atoms with Gasteiger partial charge in [-0.1, -0.05) is 10.3 Å². The lowest BCUT2D eigenvalue weighted by atomic mass is 10.1. The van der Waals surface area contributed by atoms with Gasteiger partial charge in [0.05, 0.1) is 6.61 Å². The number of aromatic nitrogens is 3. The van der Waals surface area contributed by atoms with E-state index in [1.54, 1.807) is 36.9 Å². The smallest absolute Gasteiger partial charge is 0.461 e. The summed E-state index contributed by atoms with van der Waals surface area (Å²) in [5.41, 5.74) is 1.49. The Morgan fingerprint density at radius 3 is 2.67 bits per heavy atom. The zero-order chi connectivity index (χ0) is 21.7. The van der Waals surface area contributed by atoms with Crippen LogP contribution in [-0.2, 0) is 17.3 Å². The van der Waals surface area contributed by atoms with Crippen LogP contribution >= 0.6 is 11.8 Å². The molecular weight excluding hydrogens is 423 g/mol. The first kappa shape index (κ1) is 21.9. The van der Waals surface area contributed by atoms with Gasteiger partial charge >= 0.3 is 18.0 Å². The van der Waals surface area contributed by atoms with Crippen LogP contribution in [0.3, 0.4) is 0 Å². The second-order valence-corrected chi connectivity index (χ2v) is 7.39. The van der Waals surface area contributed by atoms with E-state index >= 15 is 0 Å². The summed E-state index contributed by atoms with van der Waals surface area (Å²) in [5.74, 6) is -0.613. The average Bonchev–Trinajstić information content (AvgIpc) is 3.36. The molecule has 3 aromatic rings. The maximum Gasteiger partial charge on any atom is 0.471 e. The SMILES string of the molecule is CCOC(=O)c1cc(CCCSc2ccc(-c3noc(C(F)(F)F)n3)cc2C)on1. The Bertz CT molecular complexity index is 1020. The quantitative estimate of drug-likeness (QED) is 0.275. The van der Waals surface area contributed by atoms with E-state index < -0.39 is 18.0 Å². The molecule has 0 aliphatic heterocycles. The van der Waals surface area contributed by atoms with Gasteiger partial charge in [-0.2, -0.15) is 18.2 Å². The second kappa shape index (κ2) is 9.33. The summed E-state index contributed by atoms with van der Waals surface area (Å²) < 4.78 is 52.1. The number of ether oxygens (including phenoxy) is 1. The Hall–Kier alpha value is -2.82. The molecule has 0 bridgehead atoms. The van der Waals surface area contributed by atoms with Crippen LogP contribution in [0.25, 0.3) is 11.4 Å². The third kappa shape index (κ3) is 5.41. The number of alkyl halides is 3. The molecule has 160 valence electrons. The number of benzene rings is 1. The average molecular weight is 441 g/mol. The van der Waals surface area contributed by atoms with Crippen LogP contribution in [0, 0.1) is 6.92 Å². The van der Waals surface area contributed by atoms with Crippen molar-refractivity contribution < 1.29 is 31.7 Å². The predicted molar refractivity (Wildman–Crippen MR) is 101 cm³/mol. The number of nitrogens with zero attached hydrogens (tertiary/aromatic N) is 3. The molecule has 0 N–H and O–H groups in total. The molecule has 30 heavy (non-hydrogen) atoms. The fourth-order valence-electron chi connectivity index (χ4n) is 2.57. The van der Waals surface area contributed by atoms with Crippen molar-refractivity contribution in [3.8, 4) is 11.4 Å². The molecular formula is C19H18F3N3O4S. The number of esters is 1. The summed E-state index contributed by atoms with van der Waals surface area (Å²) in [5, 5.41) is 7.09. The molecule has 3 rings (SSSR count). The summed E-state index contributed by atoms with van der Waals surface area (Å²) in [7, 11) is 0. The predicted octanol–water partition coefficient (Wildman–Crippen LogP) is 4.95. The number of hydrogen-bond acceptors (Lipinski definition) is 8. The highest BCUT2D eigenvalue weighted by Crippen LogP contribution is 2.31. The van der Waals surface area contributed by atoms with Crippen LogP contribution in [0.15, 0.2) is 38.2 Å². The van der Waals surface area contributed by atoms with Crippen LogP contribution in [-0.4, -0.2) is 33.6 Å². The van der Waals surface area contributed by atoms with Gasteiger partial charge in [-0.3, -0.25) is 0 Å². The van der Waals surface area contributed by atoms with Gasteiger partial charge in [0.1, 0.15) is 5.76 Å². The molecule has 2 aromatic heterocycles. The normalized spacial score (nSPS) is 11.6. The van der Waals surface area contributed by atoms with Gasteiger partial charge in [0.15, 0.2) is 5.69 Å². The molecule has 0 radical (unpaired) electrons. The van der Waals surface area contributed by atoms with Gasteiger partial charge in [-0.15, -0.1) is 11.8 Å². The molecule has 0 amide bonds. The van der Waals surface area contributed by atoms with Gasteiger partial charge in [0.25, 0.3) is 0 Å². The molecule has 0 fully saturated rings. The van der Waals surface area contributed by atoms with E-state index in [2.05, 4.69) is 19.8 Å². The number of halogens is 3. The first-order valence-corrected chi connectivity index (χ1v) is 10.0. The van der Waals surface area contributed by atoms with Crippen molar-refractivity contribution in [2.75, 3.05) is 12.4 Å². The molecule has 7 nitrogen and oxygen atoms in total. The maximum absolute atomic E-state index is 12.6. The van der Waals surface area contributed by atoms with Gasteiger partial charge in [0, 0.05) is 22.9 Å². The van der Waals surface area contributed by atoms with E-state index in [-0.39, 0.29) is 18.1 Å². The molecule has 0 saturated heterocycles. The number of thioether (sulfide) groups is 1. The van der Waals surface area contributed by atoms with Crippen molar-refractivity contribution in [1.82, 2.24) is 15.3 Å². The van der Waals surface area contributed by atoms with Crippen molar-refractivity contribution in [3.63, 3.8) is 0 Å². The minimum atomic E-state index is -4.67. The molecule has 0 spiro atoms. The molecule has 0 unspecified atom stereocenters. The Kier molecular flexibility index (Phi) is 6.80. The Morgan fingerprint density at radius 2 is 2.00 bits per heavy atom. The van der Waals surface area contributed by atoms with Gasteiger partial charge in [-0.05, 0) is 49.8 Å². The summed E-state index contributed by atoms with van der Waals surface area (Å²) in [6.07, 6.45) is -3.28. The number of carbonyl (C=O) groups excluding carboxylic acids is 1. The van der Waals surface area contributed by atoms with Crippen LogP contribution in [0.1, 0.15) is 41.0 Å². The molecule has 1 aromatic carbocycles. The standard InChI is InChI=1S/C19H18F3N3O4S/c1-3-27-17(26)14-10-13(28-24-14)5-4-8-30-15-7-6-12(9-11(15)2)16-23-18(29-25-16)19(20,21)22/h6-7,9-10H,3-5,8H2,1-2H3. The molecule has 0 atom stereocenters. The fraction of sp³-hybridized carbons (Fsp3) is 0.368. The zero-order valence-corrected chi connectivity index (χ0v) is 17.0. The van der Waals surface area contributed by atoms with Crippen LogP contribution in [0.4, 0.5) is 13.2 Å². The third-order valence-electron chi connectivity index (χ3n) is 3.97. The second-order valence-electron chi connectivity index (χ2n) is 6.25. The molecule has 0 saturated carbocycles. The van der Waals surface area contributed by atoms with E-state index in [1.165, 1.54) is 0 Å². The van der Waals surface area contributed by atoms with E-state index in [1.807, 2.05) is 13.0 Å². The van der Waals surface area contributed by atoms with Crippen molar-refractivity contribution in [1.29, 1.82) is 0 Å². The van der Waals surface area contributed by atoms with Crippen molar-refractivity contribution in [3.05, 3.63) is 47.2 Å². The van der Waals surface area contributed by atoms with Gasteiger partial charge in [0.2, 0.25) is 5.82 Å². The van der Waals surface area contributed by atoms with Crippen molar-refractivity contribution in [2.45, 2.75) is 37.8 Å². The highest BCUT2D eigenvalue weighted by molar-refractivity contribution is 7.99. The third-order valence-corrected chi connectivity index (χ3v) is 5.23. The lowest BCUT2D eigenvalue weighted by Crippen LogP contribution is -2.04. The van der Waals surface area contributed by atoms with E-state index in [0.29, 0.717) is 17.7 Å². The Labute approximate surface area is 174 Å². The largest absolute Gasteiger partial charge is 0.471 e. The van der Waals surface area contributed by atoms with Crippen molar-refractivity contribution >= 4 is 17.7 Å². The molecule has 0 aliphatic carbocycles. The molecule has 11 heteroatoms. The number of carbonyl (C=O) groups is 1. The fourth-order valence-corrected chi connectivity index (χ4v) is 3.53. The first-order chi connectivity index (χ1) is 14.3. The number of aryl methyl sites for hydroxylation is 2. The van der Waals surface area contributed by atoms with Crippen LogP contribution in [0.5, 0.6) is 0 Å². The topological polar surface area (TPSA) is 91.2 Å². The summed E-state index contributed by atoms with van der Waals surface area (Å²) in [6.45, 7) is 3.84. The first-order valence-electron chi connectivity index (χ1n) is 9.05. The minimum Gasteiger partial charge on any atom is -0.461 e. The lowest BCUT2D eigenvalue weighted by molar-refractivity contribution is -0.159. The summed E-state index contributed by atoms with van der Waals surface area (Å²) >= 11 is 1.60. The van der Waals surface area contributed by atoms with Gasteiger partial charge < -0.3 is 13.8 Å². The zero-order valence-electron chi connectivity index (χ0n) is 16.2. The molecule has 0 aliphatic rings. The minimum absolute atomic E-state index is 0.107. The van der Waals surface area contributed by atoms with E-state index in [9.17, 15) is 18.0 Å². The van der Waals surface area contributed by atoms with E-state index in [4.69, 9.17) is 9.26 Å². The van der Waals surface area contributed by atoms with E-state index in [0.717, 1.165) is 22.6 Å². The van der Waals surface area contributed by atoms with Crippen LogP contribution in [0.2, 0.25) is 0 Å². The summed E-state index contributed by atoms with van der Waals surface area (Å²) in [4.78, 5) is 16.0. The van der Waals surface area contributed by atoms with Crippen molar-refractivity contribution in [2.24, 2.45) is 0 Å². The van der Waals surface area contributed by atoms with Gasteiger partial charge in [-0.25, -0.2) is 4.79 Å². The monoisotopic (exact) mass is 441 g/mol. The lowest BCUT2D eigenvalue weighted by Gasteiger charge is -2.06. The Morgan fingerprint density at radius 1 is 1.20 bits per heavy atom. The maximum atomic E-state index is 12.6. The summed E-state index contributed by atoms with van der Waals surface area (Å²) in [6, 6.07) is 6.76. The van der Waals surface area contributed by atoms with Crippen LogP contribution < -0.4 is 0 Å².